The standard InChI is InChI=1S/C12H18BrN3O/c1-8(2)11(14)12(17)16(3)7-9-4-5-10(13)15-6-9/h4-6,8,11H,7,14H2,1-3H3/t11-/m0/s1. The van der Waals surface area contributed by atoms with Crippen molar-refractivity contribution in [2.75, 3.05) is 7.05 Å². The molecule has 0 aliphatic carbocycles. The molecule has 0 aliphatic rings. The highest BCUT2D eigenvalue weighted by molar-refractivity contribution is 9.10. The number of halogens is 1. The Hall–Kier alpha value is -0.940. The molecular weight excluding hydrogens is 282 g/mol. The Morgan fingerprint density at radius 2 is 2.18 bits per heavy atom. The van der Waals surface area contributed by atoms with E-state index in [1.54, 1.807) is 18.1 Å². The maximum atomic E-state index is 11.9. The van der Waals surface area contributed by atoms with E-state index in [1.165, 1.54) is 0 Å². The minimum atomic E-state index is -0.441. The molecule has 0 fully saturated rings. The number of amides is 1. The van der Waals surface area contributed by atoms with E-state index in [1.807, 2.05) is 26.0 Å². The summed E-state index contributed by atoms with van der Waals surface area (Å²) in [5.74, 6) is 0.107. The summed E-state index contributed by atoms with van der Waals surface area (Å²) in [6, 6.07) is 3.35. The van der Waals surface area contributed by atoms with Crippen molar-refractivity contribution in [1.82, 2.24) is 9.88 Å². The van der Waals surface area contributed by atoms with Crippen LogP contribution in [0.25, 0.3) is 0 Å². The zero-order valence-electron chi connectivity index (χ0n) is 10.4. The molecule has 2 N–H and O–H groups in total. The van der Waals surface area contributed by atoms with Gasteiger partial charge in [-0.1, -0.05) is 19.9 Å². The first-order valence-electron chi connectivity index (χ1n) is 5.52. The van der Waals surface area contributed by atoms with Crippen molar-refractivity contribution in [2.24, 2.45) is 11.7 Å². The van der Waals surface area contributed by atoms with E-state index in [4.69, 9.17) is 5.73 Å². The molecule has 5 heteroatoms. The third-order valence-corrected chi connectivity index (χ3v) is 3.06. The van der Waals surface area contributed by atoms with Crippen LogP contribution in [0.5, 0.6) is 0 Å². The Labute approximate surface area is 110 Å². The van der Waals surface area contributed by atoms with Crippen LogP contribution in [0.3, 0.4) is 0 Å². The number of aromatic nitrogens is 1. The average molecular weight is 300 g/mol. The van der Waals surface area contributed by atoms with Crippen molar-refractivity contribution in [1.29, 1.82) is 0 Å². The monoisotopic (exact) mass is 299 g/mol. The summed E-state index contributed by atoms with van der Waals surface area (Å²) in [4.78, 5) is 17.7. The van der Waals surface area contributed by atoms with Gasteiger partial charge in [0.15, 0.2) is 0 Å². The summed E-state index contributed by atoms with van der Waals surface area (Å²) in [5.41, 5.74) is 6.81. The van der Waals surface area contributed by atoms with Gasteiger partial charge in [0.25, 0.3) is 0 Å². The van der Waals surface area contributed by atoms with Gasteiger partial charge >= 0.3 is 0 Å². The maximum Gasteiger partial charge on any atom is 0.239 e. The molecule has 1 amide bonds. The van der Waals surface area contributed by atoms with Crippen LogP contribution >= 0.6 is 15.9 Å². The highest BCUT2D eigenvalue weighted by Crippen LogP contribution is 2.09. The lowest BCUT2D eigenvalue weighted by Crippen LogP contribution is -2.44. The Balaban J connectivity index is 2.63. The number of hydrogen-bond acceptors (Lipinski definition) is 3. The molecule has 1 aromatic rings. The third-order valence-electron chi connectivity index (χ3n) is 2.59. The topological polar surface area (TPSA) is 59.2 Å². The van der Waals surface area contributed by atoms with E-state index in [-0.39, 0.29) is 11.8 Å². The Morgan fingerprint density at radius 1 is 1.53 bits per heavy atom. The molecule has 0 aliphatic heterocycles. The summed E-state index contributed by atoms with van der Waals surface area (Å²) < 4.78 is 0.786. The van der Waals surface area contributed by atoms with E-state index < -0.39 is 6.04 Å². The second-order valence-corrected chi connectivity index (χ2v) is 5.27. The lowest BCUT2D eigenvalue weighted by atomic mass is 10.0. The van der Waals surface area contributed by atoms with Crippen LogP contribution in [0, 0.1) is 5.92 Å². The summed E-state index contributed by atoms with van der Waals surface area (Å²) in [6.45, 7) is 4.41. The van der Waals surface area contributed by atoms with E-state index >= 15 is 0 Å². The second-order valence-electron chi connectivity index (χ2n) is 4.45. The summed E-state index contributed by atoms with van der Waals surface area (Å²) >= 11 is 3.27. The second kappa shape index (κ2) is 6.12. The van der Waals surface area contributed by atoms with Crippen LogP contribution in [0.2, 0.25) is 0 Å². The first-order valence-corrected chi connectivity index (χ1v) is 6.32. The molecule has 0 unspecified atom stereocenters. The fourth-order valence-corrected chi connectivity index (χ4v) is 1.63. The Morgan fingerprint density at radius 3 is 2.65 bits per heavy atom. The molecule has 0 spiro atoms. The molecule has 1 atom stereocenters. The van der Waals surface area contributed by atoms with Gasteiger partial charge in [0.05, 0.1) is 6.04 Å². The first-order chi connectivity index (χ1) is 7.91. The molecule has 0 saturated carbocycles. The first kappa shape index (κ1) is 14.1. The SMILES string of the molecule is CC(C)[C@H](N)C(=O)N(C)Cc1ccc(Br)nc1. The van der Waals surface area contributed by atoms with Gasteiger partial charge in [-0.15, -0.1) is 0 Å². The number of likely N-dealkylation sites (N-methyl/N-ethyl adjacent to an activating group) is 1. The van der Waals surface area contributed by atoms with Crippen LogP contribution < -0.4 is 5.73 Å². The van der Waals surface area contributed by atoms with Crippen molar-refractivity contribution in [3.63, 3.8) is 0 Å². The number of hydrogen-bond donors (Lipinski definition) is 1. The largest absolute Gasteiger partial charge is 0.340 e. The van der Waals surface area contributed by atoms with E-state index in [0.29, 0.717) is 6.54 Å². The molecule has 0 radical (unpaired) electrons. The lowest BCUT2D eigenvalue weighted by molar-refractivity contribution is -0.132. The Bertz CT molecular complexity index is 378. The van der Waals surface area contributed by atoms with Gasteiger partial charge in [-0.3, -0.25) is 4.79 Å². The van der Waals surface area contributed by atoms with Gasteiger partial charge < -0.3 is 10.6 Å². The number of pyridine rings is 1. The van der Waals surface area contributed by atoms with Crippen molar-refractivity contribution in [3.8, 4) is 0 Å². The summed E-state index contributed by atoms with van der Waals surface area (Å²) in [7, 11) is 1.76. The molecular formula is C12H18BrN3O. The van der Waals surface area contributed by atoms with Crippen LogP contribution in [0.1, 0.15) is 19.4 Å². The van der Waals surface area contributed by atoms with Gasteiger partial charge in [-0.25, -0.2) is 4.98 Å². The van der Waals surface area contributed by atoms with Crippen molar-refractivity contribution >= 4 is 21.8 Å². The number of carbonyl (C=O) groups excluding carboxylic acids is 1. The summed E-state index contributed by atoms with van der Waals surface area (Å²) in [5, 5.41) is 0. The van der Waals surface area contributed by atoms with Crippen molar-refractivity contribution in [3.05, 3.63) is 28.5 Å². The van der Waals surface area contributed by atoms with Crippen molar-refractivity contribution in [2.45, 2.75) is 26.4 Å². The molecule has 17 heavy (non-hydrogen) atoms. The number of carbonyl (C=O) groups is 1. The van der Waals surface area contributed by atoms with Gasteiger partial charge in [-0.2, -0.15) is 0 Å². The maximum absolute atomic E-state index is 11.9. The molecule has 4 nitrogen and oxygen atoms in total. The van der Waals surface area contributed by atoms with Gasteiger partial charge in [0.2, 0.25) is 5.91 Å². The van der Waals surface area contributed by atoms with Crippen LogP contribution in [0.15, 0.2) is 22.9 Å². The quantitative estimate of drug-likeness (QED) is 0.862. The molecule has 94 valence electrons. The van der Waals surface area contributed by atoms with E-state index in [2.05, 4.69) is 20.9 Å². The molecule has 0 aromatic carbocycles. The predicted molar refractivity (Wildman–Crippen MR) is 71.2 cm³/mol. The zero-order chi connectivity index (χ0) is 13.0. The van der Waals surface area contributed by atoms with Gasteiger partial charge in [0, 0.05) is 19.8 Å². The van der Waals surface area contributed by atoms with E-state index in [0.717, 1.165) is 10.2 Å². The summed E-state index contributed by atoms with van der Waals surface area (Å²) in [6.07, 6.45) is 1.74. The molecule has 1 aromatic heterocycles. The molecule has 0 saturated heterocycles. The number of nitrogens with two attached hydrogens (primary N) is 1. The minimum absolute atomic E-state index is 0.0390. The minimum Gasteiger partial charge on any atom is -0.340 e. The molecule has 1 heterocycles. The third kappa shape index (κ3) is 4.09. The van der Waals surface area contributed by atoms with Crippen molar-refractivity contribution < 1.29 is 4.79 Å². The van der Waals surface area contributed by atoms with Gasteiger partial charge in [0.1, 0.15) is 4.60 Å². The fourth-order valence-electron chi connectivity index (χ4n) is 1.39. The van der Waals surface area contributed by atoms with Crippen LogP contribution in [-0.2, 0) is 11.3 Å². The van der Waals surface area contributed by atoms with Crippen LogP contribution in [0.4, 0.5) is 0 Å². The Kier molecular flexibility index (Phi) is 5.08. The van der Waals surface area contributed by atoms with E-state index in [9.17, 15) is 4.79 Å². The van der Waals surface area contributed by atoms with Crippen LogP contribution in [-0.4, -0.2) is 28.9 Å². The lowest BCUT2D eigenvalue weighted by Gasteiger charge is -2.23. The van der Waals surface area contributed by atoms with Gasteiger partial charge in [-0.05, 0) is 33.5 Å². The predicted octanol–water partition coefficient (Wildman–Crippen LogP) is 1.79. The number of nitrogens with zero attached hydrogens (tertiary/aromatic N) is 2. The molecule has 0 bridgehead atoms. The number of rotatable bonds is 4. The highest BCUT2D eigenvalue weighted by Gasteiger charge is 2.20. The zero-order valence-corrected chi connectivity index (χ0v) is 11.9. The fraction of sp³-hybridized carbons (Fsp3) is 0.500. The molecule has 1 rings (SSSR count). The average Bonchev–Trinajstić information content (AvgIpc) is 2.30. The smallest absolute Gasteiger partial charge is 0.239 e. The normalized spacial score (nSPS) is 12.6. The highest BCUT2D eigenvalue weighted by atomic mass is 79.9.